The van der Waals surface area contributed by atoms with Crippen LogP contribution in [-0.4, -0.2) is 27.9 Å². The number of fused-ring (bicyclic) bond motifs is 1. The van der Waals surface area contributed by atoms with Crippen molar-refractivity contribution in [3.63, 3.8) is 0 Å². The van der Waals surface area contributed by atoms with Crippen molar-refractivity contribution in [3.05, 3.63) is 47.5 Å². The van der Waals surface area contributed by atoms with E-state index in [2.05, 4.69) is 22.5 Å². The molecule has 0 atom stereocenters. The molecule has 6 nitrogen and oxygen atoms in total. The lowest BCUT2D eigenvalue weighted by Gasteiger charge is -2.17. The third-order valence-corrected chi connectivity index (χ3v) is 4.38. The van der Waals surface area contributed by atoms with Gasteiger partial charge in [-0.3, -0.25) is 9.59 Å². The zero-order chi connectivity index (χ0) is 17.6. The van der Waals surface area contributed by atoms with E-state index < -0.39 is 0 Å². The summed E-state index contributed by atoms with van der Waals surface area (Å²) in [5.41, 5.74) is 1.95. The number of anilines is 1. The fourth-order valence-corrected chi connectivity index (χ4v) is 3.07. The van der Waals surface area contributed by atoms with Gasteiger partial charge in [-0.25, -0.2) is 4.98 Å². The highest BCUT2D eigenvalue weighted by atomic mass is 16.2. The SMILES string of the molecule is CCCCNC(=O)c1nc(C(=O)Nc2ccccc2)c2n1CCCC2. The number of nitrogens with zero attached hydrogens (tertiary/aromatic N) is 2. The zero-order valence-electron chi connectivity index (χ0n) is 14.5. The topological polar surface area (TPSA) is 76.0 Å². The third kappa shape index (κ3) is 3.90. The van der Waals surface area contributed by atoms with E-state index in [1.54, 1.807) is 0 Å². The minimum absolute atomic E-state index is 0.199. The zero-order valence-corrected chi connectivity index (χ0v) is 14.5. The maximum Gasteiger partial charge on any atom is 0.287 e. The van der Waals surface area contributed by atoms with Crippen LogP contribution in [0, 0.1) is 0 Å². The van der Waals surface area contributed by atoms with Crippen molar-refractivity contribution in [1.82, 2.24) is 14.9 Å². The highest BCUT2D eigenvalue weighted by Crippen LogP contribution is 2.22. The van der Waals surface area contributed by atoms with Gasteiger partial charge in [-0.1, -0.05) is 31.5 Å². The molecule has 0 aliphatic carbocycles. The van der Waals surface area contributed by atoms with Gasteiger partial charge in [0.15, 0.2) is 11.5 Å². The van der Waals surface area contributed by atoms with E-state index in [1.807, 2.05) is 34.9 Å². The summed E-state index contributed by atoms with van der Waals surface area (Å²) in [6.07, 6.45) is 4.73. The number of unbranched alkanes of at least 4 members (excludes halogenated alkanes) is 1. The van der Waals surface area contributed by atoms with E-state index in [4.69, 9.17) is 0 Å². The smallest absolute Gasteiger partial charge is 0.287 e. The number of nitrogens with one attached hydrogen (secondary N) is 2. The van der Waals surface area contributed by atoms with Crippen LogP contribution in [0.5, 0.6) is 0 Å². The molecule has 2 amide bonds. The number of benzene rings is 1. The summed E-state index contributed by atoms with van der Waals surface area (Å²) >= 11 is 0. The van der Waals surface area contributed by atoms with E-state index in [-0.39, 0.29) is 11.8 Å². The first-order valence-corrected chi connectivity index (χ1v) is 8.94. The van der Waals surface area contributed by atoms with Gasteiger partial charge in [0.2, 0.25) is 0 Å². The van der Waals surface area contributed by atoms with Crippen LogP contribution >= 0.6 is 0 Å². The Bertz CT molecular complexity index is 752. The quantitative estimate of drug-likeness (QED) is 0.794. The molecule has 25 heavy (non-hydrogen) atoms. The molecule has 2 N–H and O–H groups in total. The first kappa shape index (κ1) is 17.2. The van der Waals surface area contributed by atoms with Gasteiger partial charge in [0, 0.05) is 18.8 Å². The van der Waals surface area contributed by atoms with E-state index >= 15 is 0 Å². The normalized spacial score (nSPS) is 13.2. The number of carbonyl (C=O) groups excluding carboxylic acids is 2. The second kappa shape index (κ2) is 7.96. The van der Waals surface area contributed by atoms with Crippen LogP contribution in [0.2, 0.25) is 0 Å². The molecule has 1 aliphatic rings. The van der Waals surface area contributed by atoms with Crippen LogP contribution in [0.25, 0.3) is 0 Å². The number of hydrogen-bond donors (Lipinski definition) is 2. The Labute approximate surface area is 147 Å². The number of amides is 2. The van der Waals surface area contributed by atoms with Crippen LogP contribution in [0.3, 0.4) is 0 Å². The maximum atomic E-state index is 12.7. The molecule has 1 aliphatic heterocycles. The summed E-state index contributed by atoms with van der Waals surface area (Å²) in [7, 11) is 0. The number of aromatic nitrogens is 2. The third-order valence-electron chi connectivity index (χ3n) is 4.38. The van der Waals surface area contributed by atoms with Crippen molar-refractivity contribution in [1.29, 1.82) is 0 Å². The summed E-state index contributed by atoms with van der Waals surface area (Å²) in [5.74, 6) is -0.108. The minimum atomic E-state index is -0.260. The second-order valence-electron chi connectivity index (χ2n) is 6.27. The van der Waals surface area contributed by atoms with Crippen LogP contribution < -0.4 is 10.6 Å². The number of hydrogen-bond acceptors (Lipinski definition) is 3. The molecule has 132 valence electrons. The van der Waals surface area contributed by atoms with Gasteiger partial charge in [-0.05, 0) is 37.8 Å². The first-order chi connectivity index (χ1) is 12.2. The molecular formula is C19H24N4O2. The standard InChI is InChI=1S/C19H24N4O2/c1-2-3-12-20-19(25)17-22-16(15-11-7-8-13-23(15)17)18(24)21-14-9-5-4-6-10-14/h4-6,9-10H,2-3,7-8,11-13H2,1H3,(H,20,25)(H,21,24). The Morgan fingerprint density at radius 2 is 1.96 bits per heavy atom. The van der Waals surface area contributed by atoms with Crippen molar-refractivity contribution in [2.45, 2.75) is 45.6 Å². The molecule has 0 unspecified atom stereocenters. The number of para-hydroxylation sites is 1. The molecule has 0 spiro atoms. The van der Waals surface area contributed by atoms with Crippen molar-refractivity contribution >= 4 is 17.5 Å². The first-order valence-electron chi connectivity index (χ1n) is 8.94. The van der Waals surface area contributed by atoms with Crippen LogP contribution in [-0.2, 0) is 13.0 Å². The Morgan fingerprint density at radius 3 is 2.72 bits per heavy atom. The predicted molar refractivity (Wildman–Crippen MR) is 96.8 cm³/mol. The van der Waals surface area contributed by atoms with E-state index in [9.17, 15) is 9.59 Å². The Balaban J connectivity index is 1.84. The number of imidazole rings is 1. The van der Waals surface area contributed by atoms with Crippen LogP contribution in [0.15, 0.2) is 30.3 Å². The maximum absolute atomic E-state index is 12.7. The van der Waals surface area contributed by atoms with E-state index in [0.717, 1.165) is 50.0 Å². The fraction of sp³-hybridized carbons (Fsp3) is 0.421. The predicted octanol–water partition coefficient (Wildman–Crippen LogP) is 3.00. The lowest BCUT2D eigenvalue weighted by atomic mass is 10.1. The molecule has 2 heterocycles. The van der Waals surface area contributed by atoms with Gasteiger partial charge in [-0.2, -0.15) is 0 Å². The largest absolute Gasteiger partial charge is 0.349 e. The van der Waals surface area contributed by atoms with E-state index in [1.165, 1.54) is 0 Å². The average molecular weight is 340 g/mol. The lowest BCUT2D eigenvalue weighted by molar-refractivity contribution is 0.0937. The summed E-state index contributed by atoms with van der Waals surface area (Å²) < 4.78 is 1.91. The van der Waals surface area contributed by atoms with Crippen molar-refractivity contribution in [2.24, 2.45) is 0 Å². The molecule has 1 aromatic carbocycles. The highest BCUT2D eigenvalue weighted by Gasteiger charge is 2.27. The minimum Gasteiger partial charge on any atom is -0.349 e. The number of rotatable bonds is 6. The fourth-order valence-electron chi connectivity index (χ4n) is 3.07. The van der Waals surface area contributed by atoms with Crippen molar-refractivity contribution < 1.29 is 9.59 Å². The average Bonchev–Trinajstić information content (AvgIpc) is 3.03. The molecule has 1 aromatic heterocycles. The van der Waals surface area contributed by atoms with Crippen LogP contribution in [0.1, 0.15) is 59.4 Å². The van der Waals surface area contributed by atoms with Gasteiger partial charge in [0.25, 0.3) is 11.8 Å². The van der Waals surface area contributed by atoms with Crippen LogP contribution in [0.4, 0.5) is 5.69 Å². The van der Waals surface area contributed by atoms with Gasteiger partial charge in [0.1, 0.15) is 0 Å². The Morgan fingerprint density at radius 1 is 1.16 bits per heavy atom. The van der Waals surface area contributed by atoms with Gasteiger partial charge in [0.05, 0.1) is 5.69 Å². The molecule has 0 fully saturated rings. The molecule has 3 rings (SSSR count). The summed E-state index contributed by atoms with van der Waals surface area (Å²) in [5, 5.41) is 5.76. The number of carbonyl (C=O) groups is 2. The van der Waals surface area contributed by atoms with Crippen molar-refractivity contribution in [2.75, 3.05) is 11.9 Å². The Hall–Kier alpha value is -2.63. The Kier molecular flexibility index (Phi) is 5.48. The van der Waals surface area contributed by atoms with Gasteiger partial charge >= 0.3 is 0 Å². The van der Waals surface area contributed by atoms with Gasteiger partial charge in [-0.15, -0.1) is 0 Å². The molecule has 0 bridgehead atoms. The summed E-state index contributed by atoms with van der Waals surface area (Å²) in [6, 6.07) is 9.29. The molecule has 6 heteroatoms. The lowest BCUT2D eigenvalue weighted by Crippen LogP contribution is -2.28. The highest BCUT2D eigenvalue weighted by molar-refractivity contribution is 6.05. The summed E-state index contributed by atoms with van der Waals surface area (Å²) in [6.45, 7) is 3.44. The molecular weight excluding hydrogens is 316 g/mol. The molecule has 2 aromatic rings. The van der Waals surface area contributed by atoms with Crippen molar-refractivity contribution in [3.8, 4) is 0 Å². The van der Waals surface area contributed by atoms with E-state index in [0.29, 0.717) is 18.1 Å². The monoisotopic (exact) mass is 340 g/mol. The second-order valence-corrected chi connectivity index (χ2v) is 6.27. The molecule has 0 saturated carbocycles. The molecule has 0 radical (unpaired) electrons. The summed E-state index contributed by atoms with van der Waals surface area (Å²) in [4.78, 5) is 29.5. The van der Waals surface area contributed by atoms with Gasteiger partial charge < -0.3 is 15.2 Å². The molecule has 0 saturated heterocycles.